The van der Waals surface area contributed by atoms with Crippen LogP contribution >= 0.6 is 0 Å². The lowest BCUT2D eigenvalue weighted by Gasteiger charge is -2.37. The third kappa shape index (κ3) is 4.35. The highest BCUT2D eigenvalue weighted by molar-refractivity contribution is 5.95. The van der Waals surface area contributed by atoms with E-state index in [1.54, 1.807) is 0 Å². The summed E-state index contributed by atoms with van der Waals surface area (Å²) in [5.74, 6) is 0.556. The topological polar surface area (TPSA) is 52.7 Å². The van der Waals surface area contributed by atoms with E-state index in [2.05, 4.69) is 42.1 Å². The number of anilines is 1. The minimum Gasteiger partial charge on any atom is -0.341 e. The molecule has 3 aliphatic rings. The number of nitrogens with zero attached hydrogens (tertiary/aromatic N) is 2. The van der Waals surface area contributed by atoms with Crippen LogP contribution in [0.25, 0.3) is 0 Å². The zero-order chi connectivity index (χ0) is 20.6. The van der Waals surface area contributed by atoms with Gasteiger partial charge in [0.2, 0.25) is 11.8 Å². The predicted octanol–water partition coefficient (Wildman–Crippen LogP) is 3.75. The maximum absolute atomic E-state index is 13.1. The molecule has 5 heteroatoms. The van der Waals surface area contributed by atoms with Gasteiger partial charge in [-0.25, -0.2) is 0 Å². The summed E-state index contributed by atoms with van der Waals surface area (Å²) in [6.07, 6.45) is 7.45. The third-order valence-electron chi connectivity index (χ3n) is 7.37. The van der Waals surface area contributed by atoms with E-state index in [0.717, 1.165) is 57.4 Å². The molecule has 2 heterocycles. The van der Waals surface area contributed by atoms with Crippen molar-refractivity contribution in [1.29, 1.82) is 0 Å². The number of nitrogens with one attached hydrogen (secondary N) is 1. The van der Waals surface area contributed by atoms with Gasteiger partial charge in [0.25, 0.3) is 0 Å². The predicted molar refractivity (Wildman–Crippen MR) is 116 cm³/mol. The first kappa shape index (κ1) is 20.4. The number of benzene rings is 1. The van der Waals surface area contributed by atoms with Crippen molar-refractivity contribution in [3.63, 3.8) is 0 Å². The Morgan fingerprint density at radius 1 is 1.00 bits per heavy atom. The highest BCUT2D eigenvalue weighted by atomic mass is 16.2. The molecule has 4 rings (SSSR count). The van der Waals surface area contributed by atoms with E-state index in [9.17, 15) is 9.59 Å². The van der Waals surface area contributed by atoms with Gasteiger partial charge in [0.1, 0.15) is 0 Å². The number of carbonyl (C=O) groups excluding carboxylic acids is 2. The number of amides is 2. The summed E-state index contributed by atoms with van der Waals surface area (Å²) < 4.78 is 0. The number of likely N-dealkylation sites (tertiary alicyclic amines) is 2. The molecule has 1 spiro atoms. The average molecular weight is 398 g/mol. The Kier molecular flexibility index (Phi) is 5.69. The van der Waals surface area contributed by atoms with Crippen molar-refractivity contribution in [1.82, 2.24) is 9.80 Å². The molecule has 1 saturated carbocycles. The van der Waals surface area contributed by atoms with E-state index in [1.165, 1.54) is 24.0 Å². The molecule has 1 aliphatic carbocycles. The molecule has 0 radical (unpaired) electrons. The van der Waals surface area contributed by atoms with Crippen molar-refractivity contribution in [2.24, 2.45) is 11.3 Å². The maximum Gasteiger partial charge on any atom is 0.239 e. The molecular formula is C24H35N3O2. The molecule has 2 atom stereocenters. The SMILES string of the molecule is Cc1cc(C)cc(NC(=O)[C@H]2CC23CCN(C(=O)[C@H]2CCCCCN2C)CC3)c1. The number of carbonyl (C=O) groups is 2. The van der Waals surface area contributed by atoms with Gasteiger partial charge in [-0.1, -0.05) is 18.9 Å². The molecule has 2 amide bonds. The van der Waals surface area contributed by atoms with Gasteiger partial charge >= 0.3 is 0 Å². The van der Waals surface area contributed by atoms with E-state index < -0.39 is 0 Å². The zero-order valence-corrected chi connectivity index (χ0v) is 18.2. The number of likely N-dealkylation sites (N-methyl/N-ethyl adjacent to an activating group) is 1. The van der Waals surface area contributed by atoms with Crippen LogP contribution in [-0.2, 0) is 9.59 Å². The summed E-state index contributed by atoms with van der Waals surface area (Å²) >= 11 is 0. The molecule has 158 valence electrons. The molecule has 3 fully saturated rings. The number of hydrogen-bond donors (Lipinski definition) is 1. The van der Waals surface area contributed by atoms with Gasteiger partial charge < -0.3 is 10.2 Å². The molecule has 2 saturated heterocycles. The maximum atomic E-state index is 13.1. The van der Waals surface area contributed by atoms with Crippen LogP contribution in [0.3, 0.4) is 0 Å². The van der Waals surface area contributed by atoms with Crippen LogP contribution in [0.4, 0.5) is 5.69 Å². The van der Waals surface area contributed by atoms with Crippen molar-refractivity contribution in [3.8, 4) is 0 Å². The van der Waals surface area contributed by atoms with Crippen LogP contribution in [0.2, 0.25) is 0 Å². The largest absolute Gasteiger partial charge is 0.341 e. The Labute approximate surface area is 174 Å². The summed E-state index contributed by atoms with van der Waals surface area (Å²) in [6.45, 7) is 6.74. The lowest BCUT2D eigenvalue weighted by atomic mass is 9.90. The van der Waals surface area contributed by atoms with Crippen LogP contribution in [-0.4, -0.2) is 54.3 Å². The average Bonchev–Trinajstić information content (AvgIpc) is 3.41. The van der Waals surface area contributed by atoms with E-state index in [1.807, 2.05) is 12.1 Å². The number of aryl methyl sites for hydroxylation is 2. The first-order chi connectivity index (χ1) is 13.9. The molecular weight excluding hydrogens is 362 g/mol. The first-order valence-electron chi connectivity index (χ1n) is 11.3. The second-order valence-electron chi connectivity index (χ2n) is 9.66. The minimum atomic E-state index is 0.0504. The van der Waals surface area contributed by atoms with Crippen molar-refractivity contribution in [3.05, 3.63) is 29.3 Å². The fraction of sp³-hybridized carbons (Fsp3) is 0.667. The van der Waals surface area contributed by atoms with E-state index in [-0.39, 0.29) is 23.3 Å². The Balaban J connectivity index is 1.31. The molecule has 5 nitrogen and oxygen atoms in total. The number of hydrogen-bond acceptors (Lipinski definition) is 3. The monoisotopic (exact) mass is 397 g/mol. The van der Waals surface area contributed by atoms with Crippen LogP contribution < -0.4 is 5.32 Å². The Hall–Kier alpha value is -1.88. The second kappa shape index (κ2) is 8.10. The summed E-state index contributed by atoms with van der Waals surface area (Å²) in [7, 11) is 2.09. The van der Waals surface area contributed by atoms with E-state index in [4.69, 9.17) is 0 Å². The number of piperidine rings is 1. The molecule has 0 aromatic heterocycles. The molecule has 1 aromatic rings. The van der Waals surface area contributed by atoms with Gasteiger partial charge in [0.15, 0.2) is 0 Å². The quantitative estimate of drug-likeness (QED) is 0.845. The van der Waals surface area contributed by atoms with Gasteiger partial charge in [-0.3, -0.25) is 14.5 Å². The van der Waals surface area contributed by atoms with Crippen LogP contribution in [0, 0.1) is 25.2 Å². The fourth-order valence-corrected chi connectivity index (χ4v) is 5.49. The molecule has 29 heavy (non-hydrogen) atoms. The normalized spacial score (nSPS) is 26.8. The summed E-state index contributed by atoms with van der Waals surface area (Å²) in [5, 5.41) is 3.13. The summed E-state index contributed by atoms with van der Waals surface area (Å²) in [5.41, 5.74) is 3.36. The van der Waals surface area contributed by atoms with Gasteiger partial charge in [-0.15, -0.1) is 0 Å². The van der Waals surface area contributed by atoms with E-state index >= 15 is 0 Å². The van der Waals surface area contributed by atoms with E-state index in [0.29, 0.717) is 5.91 Å². The van der Waals surface area contributed by atoms with Crippen LogP contribution in [0.1, 0.15) is 56.1 Å². The fourth-order valence-electron chi connectivity index (χ4n) is 5.49. The summed E-state index contributed by atoms with van der Waals surface area (Å²) in [4.78, 5) is 30.2. The van der Waals surface area contributed by atoms with Gasteiger partial charge in [-0.2, -0.15) is 0 Å². The Morgan fingerprint density at radius 3 is 2.38 bits per heavy atom. The lowest BCUT2D eigenvalue weighted by molar-refractivity contribution is -0.138. The van der Waals surface area contributed by atoms with Crippen molar-refractivity contribution in [2.45, 2.75) is 64.8 Å². The van der Waals surface area contributed by atoms with Gasteiger partial charge in [-0.05, 0) is 88.2 Å². The molecule has 1 aromatic carbocycles. The molecule has 0 unspecified atom stereocenters. The number of rotatable bonds is 3. The Bertz CT molecular complexity index is 762. The molecule has 2 aliphatic heterocycles. The zero-order valence-electron chi connectivity index (χ0n) is 18.2. The second-order valence-corrected chi connectivity index (χ2v) is 9.66. The van der Waals surface area contributed by atoms with Gasteiger partial charge in [0, 0.05) is 24.7 Å². The first-order valence-corrected chi connectivity index (χ1v) is 11.3. The van der Waals surface area contributed by atoms with Gasteiger partial charge in [0.05, 0.1) is 6.04 Å². The highest BCUT2D eigenvalue weighted by Crippen LogP contribution is 2.59. The van der Waals surface area contributed by atoms with Crippen molar-refractivity contribution >= 4 is 17.5 Å². The highest BCUT2D eigenvalue weighted by Gasteiger charge is 2.58. The molecule has 0 bridgehead atoms. The molecule has 1 N–H and O–H groups in total. The Morgan fingerprint density at radius 2 is 1.69 bits per heavy atom. The lowest BCUT2D eigenvalue weighted by Crippen LogP contribution is -2.50. The van der Waals surface area contributed by atoms with Crippen LogP contribution in [0.5, 0.6) is 0 Å². The standard InChI is InChI=1S/C24H35N3O2/c1-17-13-18(2)15-19(14-17)25-22(28)20-16-24(20)8-11-27(12-9-24)23(29)21-7-5-4-6-10-26(21)3/h13-15,20-21H,4-12,16H2,1-3H3,(H,25,28)/t20-,21-/m1/s1. The third-order valence-corrected chi connectivity index (χ3v) is 7.37. The van der Waals surface area contributed by atoms with Crippen molar-refractivity contribution < 1.29 is 9.59 Å². The smallest absolute Gasteiger partial charge is 0.239 e. The van der Waals surface area contributed by atoms with Crippen LogP contribution in [0.15, 0.2) is 18.2 Å². The van der Waals surface area contributed by atoms with Crippen molar-refractivity contribution in [2.75, 3.05) is 32.0 Å². The summed E-state index contributed by atoms with van der Waals surface area (Å²) in [6, 6.07) is 6.23. The minimum absolute atomic E-state index is 0.0504.